The lowest BCUT2D eigenvalue weighted by atomic mass is 9.59. The van der Waals surface area contributed by atoms with Crippen LogP contribution < -0.4 is 0 Å². The molecule has 4 rings (SSSR count). The Labute approximate surface area is 215 Å². The highest BCUT2D eigenvalue weighted by atomic mass is 35.5. The normalized spacial score (nSPS) is 44.0. The topological polar surface area (TPSA) is 0 Å². The first-order chi connectivity index (χ1) is 12.2. The summed E-state index contributed by atoms with van der Waals surface area (Å²) in [5.74, 6) is -3.67. The van der Waals surface area contributed by atoms with Crippen molar-refractivity contribution in [1.82, 2.24) is 0 Å². The second kappa shape index (κ2) is 6.85. The average Bonchev–Trinajstić information content (AvgIpc) is 2.96. The molecule has 0 saturated heterocycles. The molecule has 0 heterocycles. The minimum absolute atomic E-state index is 0.0495. The summed E-state index contributed by atoms with van der Waals surface area (Å²) in [4.78, 5) is 0. The molecule has 0 nitrogen and oxygen atoms in total. The van der Waals surface area contributed by atoms with E-state index in [9.17, 15) is 0 Å². The Morgan fingerprint density at radius 3 is 1.07 bits per heavy atom. The van der Waals surface area contributed by atoms with Gasteiger partial charge in [0.05, 0.1) is 15.1 Å². The third kappa shape index (κ3) is 2.72. The van der Waals surface area contributed by atoms with Crippen molar-refractivity contribution >= 4 is 139 Å². The maximum atomic E-state index is 6.64. The van der Waals surface area contributed by atoms with Gasteiger partial charge in [-0.05, 0) is 0 Å². The SMILES string of the molecule is ClC1=C(Cl)C(Cl)(Cl)C2C1C1C(Cl)=C(Cl)C(Cl)(Cl)C1C1C2C(Cl)=C(Cl)C1(Cl)Cl. The van der Waals surface area contributed by atoms with Gasteiger partial charge < -0.3 is 0 Å². The van der Waals surface area contributed by atoms with Gasteiger partial charge in [-0.1, -0.05) is 139 Å². The molecule has 12 heteroatoms. The fraction of sp³-hybridized carbons (Fsp3) is 0.600. The van der Waals surface area contributed by atoms with E-state index < -0.39 is 48.5 Å². The highest BCUT2D eigenvalue weighted by molar-refractivity contribution is 6.62. The first-order valence-electron chi connectivity index (χ1n) is 7.50. The third-order valence-electron chi connectivity index (χ3n) is 5.96. The van der Waals surface area contributed by atoms with Crippen LogP contribution in [0.1, 0.15) is 0 Å². The molecule has 0 aromatic rings. The van der Waals surface area contributed by atoms with Gasteiger partial charge in [0.2, 0.25) is 0 Å². The van der Waals surface area contributed by atoms with Gasteiger partial charge in [-0.25, -0.2) is 0 Å². The number of hydrogen-bond donors (Lipinski definition) is 0. The van der Waals surface area contributed by atoms with Crippen molar-refractivity contribution in [3.8, 4) is 0 Å². The monoisotopic (exact) mass is 606 g/mol. The molecule has 1 saturated carbocycles. The highest BCUT2D eigenvalue weighted by Gasteiger charge is 2.74. The molecule has 4 aliphatic carbocycles. The van der Waals surface area contributed by atoms with Crippen LogP contribution in [0.4, 0.5) is 0 Å². The van der Waals surface area contributed by atoms with Crippen LogP contribution in [0.2, 0.25) is 0 Å². The Morgan fingerprint density at radius 1 is 0.407 bits per heavy atom. The van der Waals surface area contributed by atoms with E-state index >= 15 is 0 Å². The van der Waals surface area contributed by atoms with Crippen LogP contribution in [-0.2, 0) is 0 Å². The van der Waals surface area contributed by atoms with Gasteiger partial charge in [-0.15, -0.1) is 0 Å². The van der Waals surface area contributed by atoms with E-state index in [4.69, 9.17) is 139 Å². The van der Waals surface area contributed by atoms with Crippen LogP contribution in [0.15, 0.2) is 30.2 Å². The lowest BCUT2D eigenvalue weighted by Crippen LogP contribution is -2.54. The van der Waals surface area contributed by atoms with Gasteiger partial charge in [0.25, 0.3) is 0 Å². The number of halogens is 12. The van der Waals surface area contributed by atoms with Crippen molar-refractivity contribution in [3.05, 3.63) is 30.2 Å². The van der Waals surface area contributed by atoms with Crippen LogP contribution in [0.25, 0.3) is 0 Å². The van der Waals surface area contributed by atoms with Crippen molar-refractivity contribution < 1.29 is 0 Å². The molecule has 0 bridgehead atoms. The van der Waals surface area contributed by atoms with Crippen LogP contribution in [0.5, 0.6) is 0 Å². The van der Waals surface area contributed by atoms with E-state index in [-0.39, 0.29) is 30.2 Å². The van der Waals surface area contributed by atoms with Crippen molar-refractivity contribution in [3.63, 3.8) is 0 Å². The zero-order valence-electron chi connectivity index (χ0n) is 12.5. The van der Waals surface area contributed by atoms with Crippen molar-refractivity contribution in [2.24, 2.45) is 35.5 Å². The zero-order chi connectivity index (χ0) is 20.4. The summed E-state index contributed by atoms with van der Waals surface area (Å²) in [6.07, 6.45) is 0. The number of rotatable bonds is 0. The molecule has 0 radical (unpaired) electrons. The minimum Gasteiger partial charge on any atom is -0.0949 e. The van der Waals surface area contributed by atoms with Gasteiger partial charge in [0.15, 0.2) is 13.0 Å². The molecule has 4 aliphatic rings. The summed E-state index contributed by atoms with van der Waals surface area (Å²) in [7, 11) is 0. The predicted octanol–water partition coefficient (Wildman–Crippen LogP) is 9.33. The average molecular weight is 612 g/mol. The van der Waals surface area contributed by atoms with Gasteiger partial charge in [0, 0.05) is 50.6 Å². The summed E-state index contributed by atoms with van der Waals surface area (Å²) in [5.41, 5.74) is 0. The van der Waals surface area contributed by atoms with Gasteiger partial charge in [-0.2, -0.15) is 0 Å². The Morgan fingerprint density at radius 2 is 0.667 bits per heavy atom. The predicted molar refractivity (Wildman–Crippen MR) is 120 cm³/mol. The molecule has 0 aromatic heterocycles. The van der Waals surface area contributed by atoms with Gasteiger partial charge in [-0.3, -0.25) is 0 Å². The van der Waals surface area contributed by atoms with Crippen LogP contribution in [0.3, 0.4) is 0 Å². The molecule has 0 aliphatic heterocycles. The molecule has 6 atom stereocenters. The van der Waals surface area contributed by atoms with Crippen LogP contribution in [-0.4, -0.2) is 13.0 Å². The summed E-state index contributed by atoms with van der Waals surface area (Å²) >= 11 is 78.6. The maximum Gasteiger partial charge on any atom is 0.158 e. The fourth-order valence-electron chi connectivity index (χ4n) is 4.99. The lowest BCUT2D eigenvalue weighted by molar-refractivity contribution is 0.0557. The summed E-state index contributed by atoms with van der Waals surface area (Å²) < 4.78 is -4.75. The number of fused-ring (bicyclic) bond motifs is 6. The van der Waals surface area contributed by atoms with E-state index in [0.29, 0.717) is 0 Å². The highest BCUT2D eigenvalue weighted by Crippen LogP contribution is 2.77. The molecule has 1 fully saturated rings. The van der Waals surface area contributed by atoms with E-state index in [1.165, 1.54) is 0 Å². The van der Waals surface area contributed by atoms with E-state index in [1.807, 2.05) is 0 Å². The van der Waals surface area contributed by atoms with Crippen LogP contribution in [0, 0.1) is 35.5 Å². The minimum atomic E-state index is -1.60. The summed E-state index contributed by atoms with van der Waals surface area (Å²) in [6, 6.07) is 0. The van der Waals surface area contributed by atoms with Crippen molar-refractivity contribution in [1.29, 1.82) is 0 Å². The maximum absolute atomic E-state index is 6.64. The quantitative estimate of drug-likeness (QED) is 0.240. The van der Waals surface area contributed by atoms with Crippen molar-refractivity contribution in [2.45, 2.75) is 13.0 Å². The van der Waals surface area contributed by atoms with E-state index in [2.05, 4.69) is 0 Å². The Hall–Kier alpha value is 2.70. The first kappa shape index (κ1) is 22.9. The summed E-state index contributed by atoms with van der Waals surface area (Å²) in [5, 5.41) is 0.880. The number of allylic oxidation sites excluding steroid dienone is 6. The third-order valence-corrected chi connectivity index (χ3v) is 12.3. The van der Waals surface area contributed by atoms with Gasteiger partial charge >= 0.3 is 0 Å². The first-order valence-corrected chi connectivity index (χ1v) is 12.0. The molecule has 27 heavy (non-hydrogen) atoms. The van der Waals surface area contributed by atoms with Gasteiger partial charge in [0.1, 0.15) is 0 Å². The molecule has 150 valence electrons. The second-order valence-corrected chi connectivity index (χ2v) is 13.5. The van der Waals surface area contributed by atoms with Crippen molar-refractivity contribution in [2.75, 3.05) is 0 Å². The van der Waals surface area contributed by atoms with E-state index in [0.717, 1.165) is 0 Å². The molecule has 0 aromatic carbocycles. The smallest absolute Gasteiger partial charge is 0.0949 e. The molecular formula is C15H6Cl12. The van der Waals surface area contributed by atoms with E-state index in [1.54, 1.807) is 0 Å². The molecular weight excluding hydrogens is 606 g/mol. The molecule has 6 unspecified atom stereocenters. The standard InChI is InChI=1S/C15H6Cl12/c16-7-1-2-5(14(24,25)11(20)8(2)17)6-3(4(1)13(22,23)10(7)19)9(18)12(21)15(6,26)27/h1-6H. The molecule has 0 spiro atoms. The zero-order valence-corrected chi connectivity index (χ0v) is 21.6. The molecule has 0 N–H and O–H groups in total. The molecule has 0 amide bonds. The second-order valence-electron chi connectivity index (χ2n) is 7.01. The summed E-state index contributed by atoms with van der Waals surface area (Å²) in [6.45, 7) is 0. The Balaban J connectivity index is 2.02. The van der Waals surface area contributed by atoms with Crippen LogP contribution >= 0.6 is 139 Å². The Bertz CT molecular complexity index is 834. The lowest BCUT2D eigenvalue weighted by Gasteiger charge is -2.51. The number of hydrogen-bond acceptors (Lipinski definition) is 0. The largest absolute Gasteiger partial charge is 0.158 e. The Kier molecular flexibility index (Phi) is 5.80. The fourth-order valence-corrected chi connectivity index (χ4v) is 9.54. The number of alkyl halides is 6.